The van der Waals surface area contributed by atoms with Crippen molar-refractivity contribution in [3.63, 3.8) is 0 Å². The lowest BCUT2D eigenvalue weighted by Crippen LogP contribution is -2.11. The van der Waals surface area contributed by atoms with E-state index in [9.17, 15) is 4.79 Å². The number of hydrogen-bond donors (Lipinski definition) is 2. The molecule has 2 aromatic rings. The average molecular weight is 221 g/mol. The second-order valence-corrected chi connectivity index (χ2v) is 3.31. The van der Waals surface area contributed by atoms with Crippen LogP contribution >= 0.6 is 0 Å². The standard InChI is InChI=1S/C11H11NO4/c13-11(14)10-2-1-9(16-10)6-12-5-8-3-4-15-7-8/h1-4,7,12H,5-6H2,(H,13,14). The molecule has 2 rings (SSSR count). The first kappa shape index (κ1) is 10.5. The summed E-state index contributed by atoms with van der Waals surface area (Å²) in [7, 11) is 0. The van der Waals surface area contributed by atoms with Crippen LogP contribution in [0.3, 0.4) is 0 Å². The minimum absolute atomic E-state index is 0.0416. The summed E-state index contributed by atoms with van der Waals surface area (Å²) < 4.78 is 9.99. The predicted octanol–water partition coefficient (Wildman–Crippen LogP) is 1.86. The van der Waals surface area contributed by atoms with E-state index in [4.69, 9.17) is 13.9 Å². The molecule has 2 N–H and O–H groups in total. The summed E-state index contributed by atoms with van der Waals surface area (Å²) in [6, 6.07) is 4.95. The van der Waals surface area contributed by atoms with Crippen molar-refractivity contribution in [1.29, 1.82) is 0 Å². The maximum Gasteiger partial charge on any atom is 0.371 e. The van der Waals surface area contributed by atoms with Crippen LogP contribution in [0.4, 0.5) is 0 Å². The zero-order valence-electron chi connectivity index (χ0n) is 8.47. The molecule has 0 aliphatic heterocycles. The predicted molar refractivity (Wildman–Crippen MR) is 54.9 cm³/mol. The molecule has 16 heavy (non-hydrogen) atoms. The van der Waals surface area contributed by atoms with Gasteiger partial charge < -0.3 is 19.3 Å². The molecule has 0 aromatic carbocycles. The first-order valence-electron chi connectivity index (χ1n) is 4.79. The average Bonchev–Trinajstić information content (AvgIpc) is 2.87. The van der Waals surface area contributed by atoms with Gasteiger partial charge in [-0.3, -0.25) is 0 Å². The monoisotopic (exact) mass is 221 g/mol. The van der Waals surface area contributed by atoms with Gasteiger partial charge in [-0.25, -0.2) is 4.79 Å². The maximum atomic E-state index is 10.5. The van der Waals surface area contributed by atoms with Gasteiger partial charge in [0.1, 0.15) is 5.76 Å². The molecule has 0 atom stereocenters. The normalized spacial score (nSPS) is 10.5. The van der Waals surface area contributed by atoms with Gasteiger partial charge >= 0.3 is 5.97 Å². The van der Waals surface area contributed by atoms with Crippen LogP contribution < -0.4 is 5.32 Å². The Bertz CT molecular complexity index is 458. The Kier molecular flexibility index (Phi) is 3.07. The summed E-state index contributed by atoms with van der Waals surface area (Å²) in [5, 5.41) is 11.8. The molecule has 0 amide bonds. The van der Waals surface area contributed by atoms with Gasteiger partial charge in [0, 0.05) is 12.1 Å². The lowest BCUT2D eigenvalue weighted by molar-refractivity contribution is 0.0660. The van der Waals surface area contributed by atoms with Gasteiger partial charge in [-0.05, 0) is 18.2 Å². The van der Waals surface area contributed by atoms with Crippen LogP contribution in [-0.2, 0) is 13.1 Å². The summed E-state index contributed by atoms with van der Waals surface area (Å²) in [5.41, 5.74) is 1.03. The molecule has 0 aliphatic rings. The fraction of sp³-hybridized carbons (Fsp3) is 0.182. The molecule has 0 radical (unpaired) electrons. The van der Waals surface area contributed by atoms with Crippen molar-refractivity contribution in [3.8, 4) is 0 Å². The third kappa shape index (κ3) is 2.52. The van der Waals surface area contributed by atoms with E-state index in [0.717, 1.165) is 5.56 Å². The molecule has 2 aromatic heterocycles. The van der Waals surface area contributed by atoms with Crippen LogP contribution in [0.5, 0.6) is 0 Å². The number of carboxylic acids is 1. The Morgan fingerprint density at radius 1 is 1.31 bits per heavy atom. The zero-order valence-corrected chi connectivity index (χ0v) is 8.47. The highest BCUT2D eigenvalue weighted by atomic mass is 16.4. The second-order valence-electron chi connectivity index (χ2n) is 3.31. The second kappa shape index (κ2) is 4.67. The van der Waals surface area contributed by atoms with Gasteiger partial charge in [-0.15, -0.1) is 0 Å². The van der Waals surface area contributed by atoms with Crippen molar-refractivity contribution >= 4 is 5.97 Å². The number of carbonyl (C=O) groups is 1. The van der Waals surface area contributed by atoms with Gasteiger partial charge in [-0.2, -0.15) is 0 Å². The quantitative estimate of drug-likeness (QED) is 0.805. The number of furan rings is 2. The fourth-order valence-electron chi connectivity index (χ4n) is 1.31. The first-order valence-corrected chi connectivity index (χ1v) is 4.79. The lowest BCUT2D eigenvalue weighted by Gasteiger charge is -1.99. The summed E-state index contributed by atoms with van der Waals surface area (Å²) in [6.45, 7) is 1.14. The van der Waals surface area contributed by atoms with Crippen LogP contribution in [-0.4, -0.2) is 11.1 Å². The van der Waals surface area contributed by atoms with E-state index in [-0.39, 0.29) is 5.76 Å². The molecule has 5 heteroatoms. The smallest absolute Gasteiger partial charge is 0.371 e. The van der Waals surface area contributed by atoms with Gasteiger partial charge in [0.05, 0.1) is 19.1 Å². The van der Waals surface area contributed by atoms with E-state index < -0.39 is 5.97 Å². The van der Waals surface area contributed by atoms with Crippen LogP contribution in [0.1, 0.15) is 21.9 Å². The number of nitrogens with one attached hydrogen (secondary N) is 1. The topological polar surface area (TPSA) is 75.6 Å². The molecule has 0 unspecified atom stereocenters. The highest BCUT2D eigenvalue weighted by molar-refractivity contribution is 5.84. The Labute approximate surface area is 91.7 Å². The highest BCUT2D eigenvalue weighted by Crippen LogP contribution is 2.08. The number of aromatic carboxylic acids is 1. The summed E-state index contributed by atoms with van der Waals surface area (Å²) in [6.07, 6.45) is 3.25. The van der Waals surface area contributed by atoms with Crippen molar-refractivity contribution in [2.45, 2.75) is 13.1 Å². The van der Waals surface area contributed by atoms with Crippen LogP contribution in [0, 0.1) is 0 Å². The van der Waals surface area contributed by atoms with E-state index in [0.29, 0.717) is 18.8 Å². The molecule has 0 aliphatic carbocycles. The molecule has 0 spiro atoms. The van der Waals surface area contributed by atoms with Crippen molar-refractivity contribution in [1.82, 2.24) is 5.32 Å². The Morgan fingerprint density at radius 3 is 2.81 bits per heavy atom. The number of rotatable bonds is 5. The largest absolute Gasteiger partial charge is 0.475 e. The summed E-state index contributed by atoms with van der Waals surface area (Å²) in [5.74, 6) is -0.498. The lowest BCUT2D eigenvalue weighted by atomic mass is 10.3. The molecule has 0 saturated carbocycles. The van der Waals surface area contributed by atoms with Crippen molar-refractivity contribution in [2.75, 3.05) is 0 Å². The molecule has 0 bridgehead atoms. The van der Waals surface area contributed by atoms with Crippen molar-refractivity contribution in [2.24, 2.45) is 0 Å². The third-order valence-corrected chi connectivity index (χ3v) is 2.08. The molecule has 2 heterocycles. The van der Waals surface area contributed by atoms with Crippen molar-refractivity contribution in [3.05, 3.63) is 47.8 Å². The molecule has 0 saturated heterocycles. The molecular weight excluding hydrogens is 210 g/mol. The Hall–Kier alpha value is -2.01. The van der Waals surface area contributed by atoms with Crippen molar-refractivity contribution < 1.29 is 18.7 Å². The van der Waals surface area contributed by atoms with Gasteiger partial charge in [0.25, 0.3) is 0 Å². The first-order chi connectivity index (χ1) is 7.75. The Balaban J connectivity index is 1.83. The van der Waals surface area contributed by atoms with E-state index in [2.05, 4.69) is 5.32 Å². The zero-order chi connectivity index (χ0) is 11.4. The SMILES string of the molecule is O=C(O)c1ccc(CNCc2ccoc2)o1. The van der Waals surface area contributed by atoms with Crippen LogP contribution in [0.2, 0.25) is 0 Å². The third-order valence-electron chi connectivity index (χ3n) is 2.08. The molecule has 84 valence electrons. The minimum Gasteiger partial charge on any atom is -0.475 e. The number of hydrogen-bond acceptors (Lipinski definition) is 4. The highest BCUT2D eigenvalue weighted by Gasteiger charge is 2.08. The molecule has 0 fully saturated rings. The summed E-state index contributed by atoms with van der Waals surface area (Å²) in [4.78, 5) is 10.5. The van der Waals surface area contributed by atoms with Crippen LogP contribution in [0.25, 0.3) is 0 Å². The minimum atomic E-state index is -1.05. The number of carboxylic acid groups (broad SMARTS) is 1. The van der Waals surface area contributed by atoms with Gasteiger partial charge in [0.15, 0.2) is 0 Å². The fourth-order valence-corrected chi connectivity index (χ4v) is 1.31. The van der Waals surface area contributed by atoms with Gasteiger partial charge in [0.2, 0.25) is 5.76 Å². The molecule has 5 nitrogen and oxygen atoms in total. The van der Waals surface area contributed by atoms with Crippen LogP contribution in [0.15, 0.2) is 39.6 Å². The van der Waals surface area contributed by atoms with E-state index in [1.165, 1.54) is 6.07 Å². The van der Waals surface area contributed by atoms with E-state index in [1.807, 2.05) is 6.07 Å². The van der Waals surface area contributed by atoms with E-state index >= 15 is 0 Å². The summed E-state index contributed by atoms with van der Waals surface area (Å²) >= 11 is 0. The van der Waals surface area contributed by atoms with Gasteiger partial charge in [-0.1, -0.05) is 0 Å². The maximum absolute atomic E-state index is 10.5. The Morgan fingerprint density at radius 2 is 2.19 bits per heavy atom. The van der Waals surface area contributed by atoms with E-state index in [1.54, 1.807) is 18.6 Å². The molecular formula is C11H11NO4.